The molecule has 0 atom stereocenters. The summed E-state index contributed by atoms with van der Waals surface area (Å²) >= 11 is 0.909. The van der Waals surface area contributed by atoms with Crippen molar-refractivity contribution in [3.05, 3.63) is 88.8 Å². The number of amides is 2. The molecule has 5 nitrogen and oxygen atoms in total. The molecule has 6 heteroatoms. The molecule has 2 aliphatic heterocycles. The Kier molecular flexibility index (Phi) is 4.95. The standard InChI is InChI=1S/C25H16N2O3S/c28-24-23(31-25(29)26-24)16-18-13-11-17(12-14-18)6-5-15-27-19-7-1-3-9-21(19)30-22-10-4-2-8-20(22)27/h1-4,7-14,16H,15H2,(H,26,28,29)/b23-16-. The summed E-state index contributed by atoms with van der Waals surface area (Å²) in [6.07, 6.45) is 1.70. The fourth-order valence-electron chi connectivity index (χ4n) is 3.41. The van der Waals surface area contributed by atoms with Crippen molar-refractivity contribution >= 4 is 40.4 Å². The molecule has 3 aromatic rings. The van der Waals surface area contributed by atoms with Crippen LogP contribution in [-0.4, -0.2) is 17.7 Å². The number of benzene rings is 3. The van der Waals surface area contributed by atoms with Crippen LogP contribution in [0, 0.1) is 11.8 Å². The zero-order valence-electron chi connectivity index (χ0n) is 16.3. The predicted octanol–water partition coefficient (Wildman–Crippen LogP) is 5.31. The van der Waals surface area contributed by atoms with Crippen LogP contribution in [0.3, 0.4) is 0 Å². The zero-order chi connectivity index (χ0) is 21.2. The third-order valence-corrected chi connectivity index (χ3v) is 5.66. The summed E-state index contributed by atoms with van der Waals surface area (Å²) in [5.41, 5.74) is 3.68. The normalized spacial score (nSPS) is 15.5. The van der Waals surface area contributed by atoms with Crippen molar-refractivity contribution in [2.24, 2.45) is 0 Å². The second kappa shape index (κ2) is 8.05. The highest BCUT2D eigenvalue weighted by Crippen LogP contribution is 2.45. The highest BCUT2D eigenvalue weighted by atomic mass is 32.2. The molecule has 0 unspecified atom stereocenters. The number of carbonyl (C=O) groups excluding carboxylic acids is 2. The number of nitrogens with one attached hydrogen (secondary N) is 1. The van der Waals surface area contributed by atoms with Gasteiger partial charge in [0.1, 0.15) is 0 Å². The molecule has 2 amide bonds. The third kappa shape index (κ3) is 3.91. The monoisotopic (exact) mass is 424 g/mol. The summed E-state index contributed by atoms with van der Waals surface area (Å²) in [6, 6.07) is 23.4. The Balaban J connectivity index is 1.35. The van der Waals surface area contributed by atoms with Gasteiger partial charge in [-0.15, -0.1) is 0 Å². The number of ether oxygens (including phenoxy) is 1. The van der Waals surface area contributed by atoms with Gasteiger partial charge in [0.2, 0.25) is 0 Å². The van der Waals surface area contributed by atoms with Gasteiger partial charge < -0.3 is 9.64 Å². The fraction of sp³-hybridized carbons (Fsp3) is 0.0400. The molecule has 3 aromatic carbocycles. The van der Waals surface area contributed by atoms with Crippen molar-refractivity contribution in [2.45, 2.75) is 0 Å². The van der Waals surface area contributed by atoms with E-state index in [1.807, 2.05) is 72.8 Å². The van der Waals surface area contributed by atoms with E-state index in [1.165, 1.54) is 0 Å². The molecule has 1 N–H and O–H groups in total. The molecule has 0 bridgehead atoms. The summed E-state index contributed by atoms with van der Waals surface area (Å²) in [6.45, 7) is 0.516. The van der Waals surface area contributed by atoms with E-state index in [1.54, 1.807) is 6.08 Å². The van der Waals surface area contributed by atoms with Crippen molar-refractivity contribution in [1.29, 1.82) is 0 Å². The summed E-state index contributed by atoms with van der Waals surface area (Å²) in [4.78, 5) is 25.5. The van der Waals surface area contributed by atoms with Crippen molar-refractivity contribution in [1.82, 2.24) is 5.32 Å². The first kappa shape index (κ1) is 19.0. The molecule has 31 heavy (non-hydrogen) atoms. The van der Waals surface area contributed by atoms with Gasteiger partial charge in [0, 0.05) is 5.56 Å². The van der Waals surface area contributed by atoms with E-state index >= 15 is 0 Å². The molecule has 0 saturated carbocycles. The van der Waals surface area contributed by atoms with Gasteiger partial charge in [-0.25, -0.2) is 0 Å². The van der Waals surface area contributed by atoms with Gasteiger partial charge in [0.25, 0.3) is 11.1 Å². The van der Waals surface area contributed by atoms with Gasteiger partial charge in [-0.05, 0) is 59.8 Å². The van der Waals surface area contributed by atoms with Crippen molar-refractivity contribution in [2.75, 3.05) is 11.4 Å². The summed E-state index contributed by atoms with van der Waals surface area (Å²) in [5.74, 6) is 7.72. The number of carbonyl (C=O) groups is 2. The second-order valence-corrected chi connectivity index (χ2v) is 7.91. The van der Waals surface area contributed by atoms with Crippen LogP contribution < -0.4 is 15.0 Å². The number of hydrogen-bond acceptors (Lipinski definition) is 5. The SMILES string of the molecule is O=C1NC(=O)/C(=C/c2ccc(C#CCN3c4ccccc4Oc4ccccc43)cc2)S1. The number of nitrogens with zero attached hydrogens (tertiary/aromatic N) is 1. The lowest BCUT2D eigenvalue weighted by Crippen LogP contribution is -2.21. The highest BCUT2D eigenvalue weighted by molar-refractivity contribution is 8.18. The number of para-hydroxylation sites is 4. The van der Waals surface area contributed by atoms with E-state index in [0.717, 1.165) is 45.8 Å². The molecule has 2 heterocycles. The molecular weight excluding hydrogens is 408 g/mol. The zero-order valence-corrected chi connectivity index (χ0v) is 17.1. The van der Waals surface area contributed by atoms with Gasteiger partial charge in [0.15, 0.2) is 11.5 Å². The average molecular weight is 424 g/mol. The quantitative estimate of drug-likeness (QED) is 0.447. The van der Waals surface area contributed by atoms with E-state index < -0.39 is 0 Å². The molecule has 0 radical (unpaired) electrons. The Morgan fingerprint density at radius 2 is 1.55 bits per heavy atom. The Labute approximate surface area is 183 Å². The van der Waals surface area contributed by atoms with E-state index in [4.69, 9.17) is 4.74 Å². The summed E-state index contributed by atoms with van der Waals surface area (Å²) in [7, 11) is 0. The van der Waals surface area contributed by atoms with Crippen molar-refractivity contribution < 1.29 is 14.3 Å². The van der Waals surface area contributed by atoms with E-state index in [-0.39, 0.29) is 11.1 Å². The average Bonchev–Trinajstić information content (AvgIpc) is 3.11. The van der Waals surface area contributed by atoms with Gasteiger partial charge in [-0.3, -0.25) is 14.9 Å². The lowest BCUT2D eigenvalue weighted by atomic mass is 10.1. The molecule has 0 aromatic heterocycles. The van der Waals surface area contributed by atoms with E-state index in [2.05, 4.69) is 22.1 Å². The van der Waals surface area contributed by atoms with Crippen LogP contribution in [0.1, 0.15) is 11.1 Å². The number of hydrogen-bond donors (Lipinski definition) is 1. The summed E-state index contributed by atoms with van der Waals surface area (Å²) in [5, 5.41) is 1.91. The number of fused-ring (bicyclic) bond motifs is 2. The Bertz CT molecular complexity index is 1240. The topological polar surface area (TPSA) is 58.6 Å². The molecule has 2 aliphatic rings. The molecule has 1 fully saturated rings. The minimum Gasteiger partial charge on any atom is -0.453 e. The lowest BCUT2D eigenvalue weighted by molar-refractivity contribution is -0.115. The van der Waals surface area contributed by atoms with Crippen LogP contribution in [0.4, 0.5) is 16.2 Å². The minimum absolute atomic E-state index is 0.343. The van der Waals surface area contributed by atoms with E-state index in [0.29, 0.717) is 11.4 Å². The Hall–Kier alpha value is -3.95. The number of rotatable bonds is 2. The highest BCUT2D eigenvalue weighted by Gasteiger charge is 2.25. The first-order valence-electron chi connectivity index (χ1n) is 9.65. The number of anilines is 2. The van der Waals surface area contributed by atoms with Crippen molar-refractivity contribution in [3.63, 3.8) is 0 Å². The third-order valence-electron chi connectivity index (χ3n) is 4.85. The maximum absolute atomic E-state index is 11.7. The van der Waals surface area contributed by atoms with Crippen LogP contribution in [0.25, 0.3) is 6.08 Å². The molecular formula is C25H16N2O3S. The number of thioether (sulfide) groups is 1. The maximum Gasteiger partial charge on any atom is 0.290 e. The van der Waals surface area contributed by atoms with Gasteiger partial charge in [-0.2, -0.15) is 0 Å². The number of imide groups is 1. The first-order chi connectivity index (χ1) is 15.2. The van der Waals surface area contributed by atoms with Crippen LogP contribution in [0.2, 0.25) is 0 Å². The van der Waals surface area contributed by atoms with Crippen molar-refractivity contribution in [3.8, 4) is 23.3 Å². The smallest absolute Gasteiger partial charge is 0.290 e. The van der Waals surface area contributed by atoms with Crippen LogP contribution >= 0.6 is 11.8 Å². The largest absolute Gasteiger partial charge is 0.453 e. The van der Waals surface area contributed by atoms with Crippen LogP contribution in [-0.2, 0) is 4.79 Å². The molecule has 1 saturated heterocycles. The van der Waals surface area contributed by atoms with Gasteiger partial charge in [-0.1, -0.05) is 48.2 Å². The first-order valence-corrected chi connectivity index (χ1v) is 10.5. The van der Waals surface area contributed by atoms with Crippen LogP contribution in [0.15, 0.2) is 77.7 Å². The maximum atomic E-state index is 11.7. The molecule has 5 rings (SSSR count). The molecule has 150 valence electrons. The summed E-state index contributed by atoms with van der Waals surface area (Å²) < 4.78 is 6.01. The van der Waals surface area contributed by atoms with Crippen LogP contribution in [0.5, 0.6) is 11.5 Å². The Morgan fingerprint density at radius 3 is 2.16 bits per heavy atom. The van der Waals surface area contributed by atoms with E-state index in [9.17, 15) is 9.59 Å². The fourth-order valence-corrected chi connectivity index (χ4v) is 4.09. The minimum atomic E-state index is -0.357. The van der Waals surface area contributed by atoms with Gasteiger partial charge >= 0.3 is 0 Å². The molecule has 0 spiro atoms. The van der Waals surface area contributed by atoms with Gasteiger partial charge in [0.05, 0.1) is 22.8 Å². The lowest BCUT2D eigenvalue weighted by Gasteiger charge is -2.31. The molecule has 0 aliphatic carbocycles. The Morgan fingerprint density at radius 1 is 0.903 bits per heavy atom. The predicted molar refractivity (Wildman–Crippen MR) is 122 cm³/mol. The second-order valence-electron chi connectivity index (χ2n) is 6.90.